The zero-order chi connectivity index (χ0) is 16.5. The summed E-state index contributed by atoms with van der Waals surface area (Å²) in [5.41, 5.74) is 4.48. The second kappa shape index (κ2) is 6.26. The third-order valence-corrected chi connectivity index (χ3v) is 5.01. The Bertz CT molecular complexity index is 1010. The van der Waals surface area contributed by atoms with Gasteiger partial charge in [-0.2, -0.15) is 0 Å². The summed E-state index contributed by atoms with van der Waals surface area (Å²) in [5, 5.41) is 9.59. The minimum Gasteiger partial charge on any atom is -0.356 e. The number of halogens is 1. The Morgan fingerprint density at radius 2 is 2.04 bits per heavy atom. The molecule has 0 atom stereocenters. The lowest BCUT2D eigenvalue weighted by atomic mass is 10.1. The minimum atomic E-state index is 0.704. The predicted molar refractivity (Wildman–Crippen MR) is 99.8 cm³/mol. The second-order valence-corrected chi connectivity index (χ2v) is 6.93. The van der Waals surface area contributed by atoms with Gasteiger partial charge in [-0.25, -0.2) is 9.50 Å². The Hall–Kier alpha value is -2.37. The number of benzene rings is 2. The monoisotopic (exact) mass is 354 g/mol. The highest BCUT2D eigenvalue weighted by molar-refractivity contribution is 7.20. The molecule has 0 saturated heterocycles. The van der Waals surface area contributed by atoms with Gasteiger partial charge in [0.1, 0.15) is 0 Å². The van der Waals surface area contributed by atoms with Gasteiger partial charge in [-0.3, -0.25) is 0 Å². The molecular weight excluding hydrogens is 340 g/mol. The van der Waals surface area contributed by atoms with E-state index in [0.29, 0.717) is 5.02 Å². The molecule has 4 aromatic rings. The van der Waals surface area contributed by atoms with Gasteiger partial charge in [-0.15, -0.1) is 5.10 Å². The van der Waals surface area contributed by atoms with E-state index >= 15 is 0 Å². The number of hydrogen-bond acceptors (Lipinski definition) is 4. The highest BCUT2D eigenvalue weighted by Crippen LogP contribution is 2.27. The molecule has 0 spiro atoms. The number of aryl methyl sites for hydroxylation is 1. The van der Waals surface area contributed by atoms with E-state index in [1.807, 2.05) is 41.0 Å². The summed E-state index contributed by atoms with van der Waals surface area (Å²) in [4.78, 5) is 5.31. The number of fused-ring (bicyclic) bond motifs is 1. The van der Waals surface area contributed by atoms with E-state index in [0.717, 1.165) is 27.9 Å². The molecule has 0 unspecified atom stereocenters. The molecule has 0 bridgehead atoms. The summed E-state index contributed by atoms with van der Waals surface area (Å²) in [6.07, 6.45) is 1.83. The van der Waals surface area contributed by atoms with Crippen LogP contribution in [0.4, 0.5) is 5.13 Å². The number of nitrogens with one attached hydrogen (secondary N) is 1. The van der Waals surface area contributed by atoms with E-state index in [1.165, 1.54) is 22.5 Å². The van der Waals surface area contributed by atoms with Crippen molar-refractivity contribution in [2.75, 3.05) is 5.32 Å². The Kier molecular flexibility index (Phi) is 3.96. The molecule has 0 aliphatic heterocycles. The molecule has 0 saturated carbocycles. The van der Waals surface area contributed by atoms with Gasteiger partial charge < -0.3 is 5.32 Å². The van der Waals surface area contributed by atoms with Crippen molar-refractivity contribution < 1.29 is 0 Å². The number of hydrogen-bond donors (Lipinski definition) is 1. The van der Waals surface area contributed by atoms with Gasteiger partial charge in [-0.1, -0.05) is 59.3 Å². The standard InChI is InChI=1S/C18H15ClN4S/c1-12-5-2-3-6-14(12)10-20-17-22-23-16(11-21-18(23)24-17)13-7-4-8-15(19)9-13/h2-9,11H,10H2,1H3,(H,20,22). The largest absolute Gasteiger partial charge is 0.356 e. The summed E-state index contributed by atoms with van der Waals surface area (Å²) < 4.78 is 1.86. The molecule has 1 N–H and O–H groups in total. The summed E-state index contributed by atoms with van der Waals surface area (Å²) in [6.45, 7) is 2.86. The molecule has 0 aliphatic carbocycles. The van der Waals surface area contributed by atoms with Gasteiger partial charge in [0.2, 0.25) is 10.1 Å². The molecule has 0 amide bonds. The highest BCUT2D eigenvalue weighted by atomic mass is 35.5. The van der Waals surface area contributed by atoms with Crippen LogP contribution in [-0.4, -0.2) is 14.6 Å². The van der Waals surface area contributed by atoms with E-state index < -0.39 is 0 Å². The normalized spacial score (nSPS) is 11.1. The number of imidazole rings is 1. The Labute approximate surface area is 148 Å². The van der Waals surface area contributed by atoms with E-state index in [9.17, 15) is 0 Å². The van der Waals surface area contributed by atoms with Gasteiger partial charge in [0, 0.05) is 17.1 Å². The van der Waals surface area contributed by atoms with Crippen LogP contribution in [0.25, 0.3) is 16.2 Å². The second-order valence-electron chi connectivity index (χ2n) is 5.54. The fourth-order valence-corrected chi connectivity index (χ4v) is 3.55. The first kappa shape index (κ1) is 15.2. The lowest BCUT2D eigenvalue weighted by molar-refractivity contribution is 0.966. The van der Waals surface area contributed by atoms with Crippen LogP contribution in [0.3, 0.4) is 0 Å². The van der Waals surface area contributed by atoms with Crippen LogP contribution in [0.15, 0.2) is 54.7 Å². The molecule has 24 heavy (non-hydrogen) atoms. The average molecular weight is 355 g/mol. The molecule has 120 valence electrons. The molecule has 0 aliphatic rings. The SMILES string of the molecule is Cc1ccccc1CNc1nn2c(-c3cccc(Cl)c3)cnc2s1. The molecule has 2 aromatic carbocycles. The lowest BCUT2D eigenvalue weighted by Crippen LogP contribution is -2.01. The molecule has 2 aromatic heterocycles. The zero-order valence-corrected chi connectivity index (χ0v) is 14.6. The van der Waals surface area contributed by atoms with Crippen molar-refractivity contribution in [2.24, 2.45) is 0 Å². The topological polar surface area (TPSA) is 42.2 Å². The molecular formula is C18H15ClN4S. The zero-order valence-electron chi connectivity index (χ0n) is 13.0. The predicted octanol–water partition coefficient (Wildman–Crippen LogP) is 5.03. The third kappa shape index (κ3) is 2.88. The van der Waals surface area contributed by atoms with Crippen LogP contribution >= 0.6 is 22.9 Å². The number of aromatic nitrogens is 3. The number of nitrogens with zero attached hydrogens (tertiary/aromatic N) is 3. The van der Waals surface area contributed by atoms with Gasteiger partial charge in [0.15, 0.2) is 0 Å². The summed E-state index contributed by atoms with van der Waals surface area (Å²) in [6, 6.07) is 16.1. The molecule has 0 radical (unpaired) electrons. The average Bonchev–Trinajstić information content (AvgIpc) is 3.14. The van der Waals surface area contributed by atoms with E-state index in [-0.39, 0.29) is 0 Å². The van der Waals surface area contributed by atoms with Gasteiger partial charge in [-0.05, 0) is 30.2 Å². The third-order valence-electron chi connectivity index (χ3n) is 3.90. The first-order valence-corrected chi connectivity index (χ1v) is 8.79. The van der Waals surface area contributed by atoms with Gasteiger partial charge in [0.25, 0.3) is 0 Å². The fourth-order valence-electron chi connectivity index (χ4n) is 2.59. The maximum Gasteiger partial charge on any atom is 0.214 e. The molecule has 4 rings (SSSR count). The Balaban J connectivity index is 1.61. The van der Waals surface area contributed by atoms with E-state index in [4.69, 9.17) is 11.6 Å². The molecule has 0 fully saturated rings. The van der Waals surface area contributed by atoms with E-state index in [2.05, 4.69) is 40.5 Å². The smallest absolute Gasteiger partial charge is 0.214 e. The summed E-state index contributed by atoms with van der Waals surface area (Å²) in [5.74, 6) is 0. The van der Waals surface area contributed by atoms with Crippen LogP contribution in [0.1, 0.15) is 11.1 Å². The van der Waals surface area contributed by atoms with E-state index in [1.54, 1.807) is 0 Å². The molecule has 2 heterocycles. The minimum absolute atomic E-state index is 0.704. The summed E-state index contributed by atoms with van der Waals surface area (Å²) in [7, 11) is 0. The maximum atomic E-state index is 6.09. The van der Waals surface area contributed by atoms with Crippen molar-refractivity contribution >= 4 is 33.0 Å². The van der Waals surface area contributed by atoms with Crippen LogP contribution in [-0.2, 0) is 6.54 Å². The van der Waals surface area contributed by atoms with Crippen LogP contribution in [0, 0.1) is 6.92 Å². The molecule has 4 nitrogen and oxygen atoms in total. The maximum absolute atomic E-state index is 6.09. The fraction of sp³-hybridized carbons (Fsp3) is 0.111. The van der Waals surface area contributed by atoms with Crippen molar-refractivity contribution in [3.63, 3.8) is 0 Å². The number of anilines is 1. The quantitative estimate of drug-likeness (QED) is 0.558. The van der Waals surface area contributed by atoms with Crippen LogP contribution in [0.2, 0.25) is 5.02 Å². The van der Waals surface area contributed by atoms with Crippen molar-refractivity contribution in [3.05, 3.63) is 70.9 Å². The Morgan fingerprint density at radius 3 is 2.88 bits per heavy atom. The lowest BCUT2D eigenvalue weighted by Gasteiger charge is -2.05. The van der Waals surface area contributed by atoms with Gasteiger partial charge >= 0.3 is 0 Å². The molecule has 6 heteroatoms. The van der Waals surface area contributed by atoms with Crippen LogP contribution < -0.4 is 5.32 Å². The van der Waals surface area contributed by atoms with Crippen molar-refractivity contribution in [3.8, 4) is 11.3 Å². The van der Waals surface area contributed by atoms with Crippen molar-refractivity contribution in [1.82, 2.24) is 14.6 Å². The first-order valence-electron chi connectivity index (χ1n) is 7.59. The van der Waals surface area contributed by atoms with Crippen molar-refractivity contribution in [1.29, 1.82) is 0 Å². The van der Waals surface area contributed by atoms with Gasteiger partial charge in [0.05, 0.1) is 11.9 Å². The number of rotatable bonds is 4. The van der Waals surface area contributed by atoms with Crippen molar-refractivity contribution in [2.45, 2.75) is 13.5 Å². The first-order chi connectivity index (χ1) is 11.7. The van der Waals surface area contributed by atoms with Crippen LogP contribution in [0.5, 0.6) is 0 Å². The summed E-state index contributed by atoms with van der Waals surface area (Å²) >= 11 is 7.63. The highest BCUT2D eigenvalue weighted by Gasteiger charge is 2.12. The Morgan fingerprint density at radius 1 is 1.17 bits per heavy atom.